The second-order valence-corrected chi connectivity index (χ2v) is 21.1. The highest BCUT2D eigenvalue weighted by atomic mass is 16.6. The molecule has 0 fully saturated rings. The molecule has 0 saturated carbocycles. The van der Waals surface area contributed by atoms with Crippen LogP contribution in [-0.4, -0.2) is 139 Å². The van der Waals surface area contributed by atoms with Gasteiger partial charge >= 0.3 is 17.6 Å². The van der Waals surface area contributed by atoms with E-state index < -0.39 is 160 Å². The number of phenolic OH excluding ortho intramolecular Hbond substituents is 1. The highest BCUT2D eigenvalue weighted by Crippen LogP contribution is 2.29. The Morgan fingerprint density at radius 1 is 0.667 bits per heavy atom. The molecule has 0 saturated heterocycles. The maximum absolute atomic E-state index is 14.0. The minimum Gasteiger partial charge on any atom is -0.508 e. The van der Waals surface area contributed by atoms with Gasteiger partial charge < -0.3 is 73.0 Å². The maximum Gasteiger partial charge on any atom is 0.336 e. The van der Waals surface area contributed by atoms with E-state index in [2.05, 4.69) is 47.5 Å². The number of benzene rings is 3. The lowest BCUT2D eigenvalue weighted by Gasteiger charge is -2.28. The highest BCUT2D eigenvalue weighted by molar-refractivity contribution is 5.98. The molecule has 3 aromatic carbocycles. The normalized spacial score (nSPS) is 13.2. The van der Waals surface area contributed by atoms with Gasteiger partial charge in [0.15, 0.2) is 0 Å². The van der Waals surface area contributed by atoms with E-state index in [0.29, 0.717) is 21.9 Å². The summed E-state index contributed by atoms with van der Waals surface area (Å²) < 4.78 is 5.13. The molecule has 2 aromatic heterocycles. The van der Waals surface area contributed by atoms with E-state index in [4.69, 9.17) is 10.2 Å². The fraction of sp³-hybridized carbons (Fsp3) is 0.411. The number of H-pyrrole nitrogens is 1. The number of nitrogens with zero attached hydrogens (tertiary/aromatic N) is 2. The van der Waals surface area contributed by atoms with Crippen molar-refractivity contribution < 1.29 is 77.5 Å². The van der Waals surface area contributed by atoms with Gasteiger partial charge in [-0.3, -0.25) is 68.2 Å². The van der Waals surface area contributed by atoms with Gasteiger partial charge in [-0.25, -0.2) is 4.79 Å². The van der Waals surface area contributed by atoms with Crippen molar-refractivity contribution in [3.8, 4) is 5.75 Å². The van der Waals surface area contributed by atoms with Crippen molar-refractivity contribution in [2.75, 3.05) is 18.4 Å². The van der Waals surface area contributed by atoms with Gasteiger partial charge in [0.2, 0.25) is 47.3 Å². The van der Waals surface area contributed by atoms with Gasteiger partial charge in [0, 0.05) is 60.1 Å². The van der Waals surface area contributed by atoms with Crippen molar-refractivity contribution in [1.29, 1.82) is 0 Å². The van der Waals surface area contributed by atoms with Crippen molar-refractivity contribution in [1.82, 2.24) is 42.2 Å². The van der Waals surface area contributed by atoms with E-state index in [9.17, 15) is 88.3 Å². The first-order chi connectivity index (χ1) is 41.1. The van der Waals surface area contributed by atoms with E-state index >= 15 is 0 Å². The zero-order valence-electron chi connectivity index (χ0n) is 47.7. The number of aromatic amines is 1. The molecular formula is C56H68N12O19. The lowest BCUT2D eigenvalue weighted by Crippen LogP contribution is -2.60. The average molecular weight is 1210 g/mol. The highest BCUT2D eigenvalue weighted by Gasteiger charge is 2.35. The van der Waals surface area contributed by atoms with E-state index in [1.807, 2.05) is 0 Å². The van der Waals surface area contributed by atoms with Crippen molar-refractivity contribution >= 4 is 98.1 Å². The molecule has 2 heterocycles. The summed E-state index contributed by atoms with van der Waals surface area (Å²) in [6.45, 7) is 5.62. The van der Waals surface area contributed by atoms with Gasteiger partial charge in [-0.2, -0.15) is 0 Å². The number of aromatic hydroxyl groups is 1. The van der Waals surface area contributed by atoms with Crippen LogP contribution in [0, 0.1) is 32.1 Å². The SMILES string of the molecule is CC(C)C[C@H](NC(=O)Cc1cc(=O)oc2cc(O)ccc12)C(=O)N[C@@H](CCC(=O)O)C(=O)N[C@H](C(=O)N[C@@H](CC(=O)O)C(=O)NCC(=O)N[C@@H](Cc1c[nH]c2ccccc12)C(=O)N[C@@H](CCCCNc1ccc([N+](=O)[O-])cc1[N+](=O)[O-])C(N)=O)C(C)C. The lowest BCUT2D eigenvalue weighted by atomic mass is 10.00. The standard InChI is InChI=1S/C56H68N12O19/c1-28(2)19-40(61-45(70)21-30-22-49(76)87-44-24-33(69)13-14-35(30)44)54(80)64-39(16-17-47(72)73)53(79)66-50(29(3)4)56(82)65-42(25-48(74)75)52(78)60-27-46(71)62-41(20-31-26-59-36-10-6-5-9-34(31)36)55(81)63-38(51(57)77)11-7-8-18-58-37-15-12-32(67(83)84)23-43(37)68(85)86/h5-6,9-10,12-15,22-24,26,28-29,38-42,50,58-59,69H,7-8,11,16-21,25,27H2,1-4H3,(H2,57,77)(H,60,78)(H,61,70)(H,62,71)(H,63,81)(H,64,80)(H,65,82)(H,66,79)(H,72,73)(H,74,75)/t38-,39-,40-,41-,42-,50-/m0/s1. The Hall–Kier alpha value is -10.5. The molecule has 0 unspecified atom stereocenters. The molecule has 0 spiro atoms. The molecule has 14 N–H and O–H groups in total. The number of amides is 8. The van der Waals surface area contributed by atoms with Crippen LogP contribution < -0.4 is 53.9 Å². The second kappa shape index (κ2) is 31.4. The number of aromatic nitrogens is 1. The van der Waals surface area contributed by atoms with E-state index in [1.54, 1.807) is 44.3 Å². The number of aliphatic carboxylic acids is 2. The first-order valence-electron chi connectivity index (χ1n) is 27.4. The quantitative estimate of drug-likeness (QED) is 0.0120. The molecule has 8 amide bonds. The first-order valence-corrected chi connectivity index (χ1v) is 27.4. The van der Waals surface area contributed by atoms with Crippen LogP contribution in [0.15, 0.2) is 82.1 Å². The van der Waals surface area contributed by atoms with Crippen LogP contribution in [0.4, 0.5) is 17.1 Å². The number of carbonyl (C=O) groups excluding carboxylic acids is 8. The Morgan fingerprint density at radius 2 is 1.33 bits per heavy atom. The van der Waals surface area contributed by atoms with Crippen molar-refractivity contribution in [2.24, 2.45) is 17.6 Å². The minimum atomic E-state index is -1.90. The van der Waals surface area contributed by atoms with Crippen LogP contribution in [-0.2, 0) is 60.8 Å². The van der Waals surface area contributed by atoms with Crippen LogP contribution in [0.1, 0.15) is 83.8 Å². The molecule has 466 valence electrons. The molecule has 0 aliphatic heterocycles. The average Bonchev–Trinajstić information content (AvgIpc) is 3.31. The number of nitro benzene ring substituents is 2. The largest absolute Gasteiger partial charge is 0.508 e. The van der Waals surface area contributed by atoms with Crippen molar-refractivity contribution in [3.63, 3.8) is 0 Å². The van der Waals surface area contributed by atoms with Crippen molar-refractivity contribution in [3.05, 3.63) is 115 Å². The van der Waals surface area contributed by atoms with Crippen LogP contribution in [0.25, 0.3) is 21.9 Å². The third-order valence-electron chi connectivity index (χ3n) is 13.5. The number of non-ortho nitro benzene ring substituents is 1. The van der Waals surface area contributed by atoms with Gasteiger partial charge in [-0.15, -0.1) is 0 Å². The van der Waals surface area contributed by atoms with Gasteiger partial charge in [0.1, 0.15) is 53.3 Å². The number of nitrogens with one attached hydrogen (secondary N) is 9. The Labute approximate surface area is 494 Å². The Kier molecular flexibility index (Phi) is 24.3. The second-order valence-electron chi connectivity index (χ2n) is 21.1. The molecular weight excluding hydrogens is 1140 g/mol. The Morgan fingerprint density at radius 3 is 1.99 bits per heavy atom. The number of carboxylic acids is 2. The van der Waals surface area contributed by atoms with Crippen LogP contribution in [0.3, 0.4) is 0 Å². The monoisotopic (exact) mass is 1210 g/mol. The molecule has 5 rings (SSSR count). The number of hydrogen-bond acceptors (Lipinski definition) is 18. The van der Waals surface area contributed by atoms with E-state index in [-0.39, 0.29) is 67.2 Å². The number of primary amides is 1. The number of para-hydroxylation sites is 1. The molecule has 0 aliphatic carbocycles. The molecule has 31 heteroatoms. The molecule has 31 nitrogen and oxygen atoms in total. The molecule has 0 radical (unpaired) electrons. The summed E-state index contributed by atoms with van der Waals surface area (Å²) >= 11 is 0. The number of rotatable bonds is 34. The van der Waals surface area contributed by atoms with E-state index in [0.717, 1.165) is 18.2 Å². The lowest BCUT2D eigenvalue weighted by molar-refractivity contribution is -0.393. The van der Waals surface area contributed by atoms with Gasteiger partial charge in [-0.05, 0) is 79.3 Å². The Bertz CT molecular complexity index is 3470. The third kappa shape index (κ3) is 20.4. The van der Waals surface area contributed by atoms with Gasteiger partial charge in [-0.1, -0.05) is 45.9 Å². The predicted octanol–water partition coefficient (Wildman–Crippen LogP) is 1.42. The number of phenols is 1. The molecule has 0 bridgehead atoms. The predicted molar refractivity (Wildman–Crippen MR) is 309 cm³/mol. The molecule has 87 heavy (non-hydrogen) atoms. The number of carboxylic acid groups (broad SMARTS) is 2. The number of nitro groups is 2. The zero-order valence-corrected chi connectivity index (χ0v) is 47.7. The summed E-state index contributed by atoms with van der Waals surface area (Å²) in [4.78, 5) is 169. The maximum atomic E-state index is 14.0. The summed E-state index contributed by atoms with van der Waals surface area (Å²) in [5, 5.41) is 72.7. The number of carbonyl (C=O) groups is 10. The van der Waals surface area contributed by atoms with Crippen LogP contribution in [0.2, 0.25) is 0 Å². The molecule has 6 atom stereocenters. The number of nitrogens with two attached hydrogens (primary N) is 1. The van der Waals surface area contributed by atoms with Gasteiger partial charge in [0.25, 0.3) is 11.4 Å². The summed E-state index contributed by atoms with van der Waals surface area (Å²) in [6.07, 6.45) is -0.801. The first kappa shape index (κ1) is 67.3. The van der Waals surface area contributed by atoms with Crippen molar-refractivity contribution in [2.45, 2.75) is 122 Å². The number of hydrogen-bond donors (Lipinski definition) is 13. The summed E-state index contributed by atoms with van der Waals surface area (Å²) in [6, 6.07) is 5.88. The molecule has 0 aliphatic rings. The third-order valence-corrected chi connectivity index (χ3v) is 13.5. The number of anilines is 1. The topological polar surface area (TPSA) is 486 Å². The Balaban J connectivity index is 1.24. The van der Waals surface area contributed by atoms with Gasteiger partial charge in [0.05, 0.1) is 35.3 Å². The number of fused-ring (bicyclic) bond motifs is 2. The summed E-state index contributed by atoms with van der Waals surface area (Å²) in [5.41, 5.74) is 5.26. The minimum absolute atomic E-state index is 0.000751. The summed E-state index contributed by atoms with van der Waals surface area (Å²) in [7, 11) is 0. The van der Waals surface area contributed by atoms with E-state index in [1.165, 1.54) is 38.1 Å². The fourth-order valence-corrected chi connectivity index (χ4v) is 9.18. The smallest absolute Gasteiger partial charge is 0.336 e. The van der Waals surface area contributed by atoms with Crippen LogP contribution in [0.5, 0.6) is 5.75 Å². The van der Waals surface area contributed by atoms with Crippen LogP contribution >= 0.6 is 0 Å². The fourth-order valence-electron chi connectivity index (χ4n) is 9.18. The molecule has 5 aromatic rings. The summed E-state index contributed by atoms with van der Waals surface area (Å²) in [5.74, 6) is -12.1. The zero-order chi connectivity index (χ0) is 64.2. The number of unbranched alkanes of at least 4 members (excludes halogenated alkanes) is 1.